The summed E-state index contributed by atoms with van der Waals surface area (Å²) in [4.78, 5) is 12.2. The number of hydrogen-bond acceptors (Lipinski definition) is 3. The Bertz CT molecular complexity index is 746. The normalized spacial score (nSPS) is 10.3. The van der Waals surface area contributed by atoms with Crippen molar-refractivity contribution in [2.24, 2.45) is 0 Å². The highest BCUT2D eigenvalue weighted by atomic mass is 16.5. The lowest BCUT2D eigenvalue weighted by Gasteiger charge is -2.04. The van der Waals surface area contributed by atoms with Gasteiger partial charge in [-0.05, 0) is 24.6 Å². The van der Waals surface area contributed by atoms with Gasteiger partial charge in [0.1, 0.15) is 0 Å². The summed E-state index contributed by atoms with van der Waals surface area (Å²) >= 11 is 0. The third-order valence-corrected chi connectivity index (χ3v) is 3.20. The Labute approximate surface area is 122 Å². The molecule has 4 heteroatoms. The van der Waals surface area contributed by atoms with Crippen molar-refractivity contribution in [1.29, 1.82) is 0 Å². The molecule has 2 aromatic carbocycles. The molecule has 0 aliphatic carbocycles. The van der Waals surface area contributed by atoms with Crippen LogP contribution >= 0.6 is 0 Å². The molecule has 0 spiro atoms. The molecule has 0 bridgehead atoms. The molecule has 0 aliphatic heterocycles. The van der Waals surface area contributed by atoms with Gasteiger partial charge in [0.05, 0.1) is 11.8 Å². The van der Waals surface area contributed by atoms with Gasteiger partial charge in [0.15, 0.2) is 0 Å². The fraction of sp³-hybridized carbons (Fsp3) is 0.0588. The first-order chi connectivity index (χ1) is 10.2. The van der Waals surface area contributed by atoms with Crippen LogP contribution in [-0.4, -0.2) is 11.1 Å². The van der Waals surface area contributed by atoms with E-state index in [1.807, 2.05) is 49.4 Å². The molecule has 4 nitrogen and oxygen atoms in total. The van der Waals surface area contributed by atoms with Crippen molar-refractivity contribution in [3.8, 4) is 11.1 Å². The average Bonchev–Trinajstić information content (AvgIpc) is 2.97. The Morgan fingerprint density at radius 3 is 2.48 bits per heavy atom. The first-order valence-electron chi connectivity index (χ1n) is 6.62. The smallest absolute Gasteiger partial charge is 0.258 e. The van der Waals surface area contributed by atoms with E-state index in [9.17, 15) is 4.79 Å². The van der Waals surface area contributed by atoms with E-state index in [1.165, 1.54) is 0 Å². The highest BCUT2D eigenvalue weighted by Crippen LogP contribution is 2.27. The van der Waals surface area contributed by atoms with E-state index < -0.39 is 0 Å². The summed E-state index contributed by atoms with van der Waals surface area (Å²) in [7, 11) is 0. The highest BCUT2D eigenvalue weighted by Gasteiger charge is 2.14. The van der Waals surface area contributed by atoms with E-state index in [-0.39, 0.29) is 5.91 Å². The minimum atomic E-state index is -0.219. The van der Waals surface area contributed by atoms with Gasteiger partial charge >= 0.3 is 0 Å². The zero-order valence-electron chi connectivity index (χ0n) is 11.5. The SMILES string of the molecule is Cc1ccc(C(=O)Nc2oncc2-c2ccccc2)cc1. The number of rotatable bonds is 3. The van der Waals surface area contributed by atoms with E-state index in [0.29, 0.717) is 11.4 Å². The molecule has 3 rings (SSSR count). The van der Waals surface area contributed by atoms with Crippen molar-refractivity contribution in [3.05, 3.63) is 71.9 Å². The minimum absolute atomic E-state index is 0.219. The summed E-state index contributed by atoms with van der Waals surface area (Å²) in [6.45, 7) is 1.98. The number of carbonyl (C=O) groups excluding carboxylic acids is 1. The van der Waals surface area contributed by atoms with E-state index in [1.54, 1.807) is 18.3 Å². The monoisotopic (exact) mass is 278 g/mol. The Morgan fingerprint density at radius 1 is 1.05 bits per heavy atom. The molecule has 0 aliphatic rings. The van der Waals surface area contributed by atoms with Crippen molar-refractivity contribution < 1.29 is 9.32 Å². The molecule has 0 fully saturated rings. The van der Waals surface area contributed by atoms with Crippen LogP contribution in [0.5, 0.6) is 0 Å². The molecule has 3 aromatic rings. The number of nitrogens with one attached hydrogen (secondary N) is 1. The van der Waals surface area contributed by atoms with Gasteiger partial charge in [-0.1, -0.05) is 53.2 Å². The summed E-state index contributed by atoms with van der Waals surface area (Å²) in [6.07, 6.45) is 1.60. The van der Waals surface area contributed by atoms with Gasteiger partial charge in [0.2, 0.25) is 5.88 Å². The molecule has 1 amide bonds. The lowest BCUT2D eigenvalue weighted by Crippen LogP contribution is -2.11. The first-order valence-corrected chi connectivity index (χ1v) is 6.62. The molecule has 0 unspecified atom stereocenters. The molecule has 21 heavy (non-hydrogen) atoms. The summed E-state index contributed by atoms with van der Waals surface area (Å²) in [5.74, 6) is 0.135. The van der Waals surface area contributed by atoms with Crippen LogP contribution in [0, 0.1) is 6.92 Å². The first kappa shape index (κ1) is 13.1. The number of hydrogen-bond donors (Lipinski definition) is 1. The van der Waals surface area contributed by atoms with Crippen molar-refractivity contribution in [2.45, 2.75) is 6.92 Å². The summed E-state index contributed by atoms with van der Waals surface area (Å²) in [5, 5.41) is 6.53. The Kier molecular flexibility index (Phi) is 3.51. The van der Waals surface area contributed by atoms with Crippen molar-refractivity contribution in [2.75, 3.05) is 5.32 Å². The van der Waals surface area contributed by atoms with Crippen molar-refractivity contribution in [1.82, 2.24) is 5.16 Å². The number of benzene rings is 2. The predicted octanol–water partition coefficient (Wildman–Crippen LogP) is 3.90. The second-order valence-electron chi connectivity index (χ2n) is 4.75. The van der Waals surface area contributed by atoms with E-state index in [2.05, 4.69) is 10.5 Å². The lowest BCUT2D eigenvalue weighted by molar-refractivity contribution is 0.102. The minimum Gasteiger partial charge on any atom is -0.338 e. The van der Waals surface area contributed by atoms with Gasteiger partial charge in [0.25, 0.3) is 5.91 Å². The largest absolute Gasteiger partial charge is 0.338 e. The Morgan fingerprint density at radius 2 is 1.76 bits per heavy atom. The van der Waals surface area contributed by atoms with Crippen LogP contribution in [0.25, 0.3) is 11.1 Å². The fourth-order valence-electron chi connectivity index (χ4n) is 2.03. The van der Waals surface area contributed by atoms with Crippen LogP contribution in [0.1, 0.15) is 15.9 Å². The molecule has 0 radical (unpaired) electrons. The Hall–Kier alpha value is -2.88. The molecule has 1 heterocycles. The topological polar surface area (TPSA) is 55.1 Å². The molecular weight excluding hydrogens is 264 g/mol. The summed E-state index contributed by atoms with van der Waals surface area (Å²) < 4.78 is 5.15. The maximum Gasteiger partial charge on any atom is 0.258 e. The second-order valence-corrected chi connectivity index (χ2v) is 4.75. The van der Waals surface area contributed by atoms with Crippen LogP contribution < -0.4 is 5.32 Å². The predicted molar refractivity (Wildman–Crippen MR) is 81.1 cm³/mol. The van der Waals surface area contributed by atoms with Crippen LogP contribution in [-0.2, 0) is 0 Å². The van der Waals surface area contributed by atoms with Gasteiger partial charge in [-0.25, -0.2) is 0 Å². The quantitative estimate of drug-likeness (QED) is 0.790. The second kappa shape index (κ2) is 5.63. The number of amides is 1. The van der Waals surface area contributed by atoms with Gasteiger partial charge in [-0.15, -0.1) is 0 Å². The van der Waals surface area contributed by atoms with Crippen molar-refractivity contribution >= 4 is 11.8 Å². The molecule has 104 valence electrons. The molecule has 0 atom stereocenters. The summed E-state index contributed by atoms with van der Waals surface area (Å²) in [6, 6.07) is 17.0. The molecule has 1 aromatic heterocycles. The van der Waals surface area contributed by atoms with Crippen LogP contribution in [0.3, 0.4) is 0 Å². The average molecular weight is 278 g/mol. The van der Waals surface area contributed by atoms with E-state index >= 15 is 0 Å². The van der Waals surface area contributed by atoms with Gasteiger partial charge in [-0.3, -0.25) is 10.1 Å². The maximum absolute atomic E-state index is 12.2. The molecular formula is C17H14N2O2. The maximum atomic E-state index is 12.2. The highest BCUT2D eigenvalue weighted by molar-refractivity contribution is 6.05. The van der Waals surface area contributed by atoms with Gasteiger partial charge in [-0.2, -0.15) is 0 Å². The zero-order chi connectivity index (χ0) is 14.7. The third kappa shape index (κ3) is 2.84. The third-order valence-electron chi connectivity index (χ3n) is 3.20. The molecule has 0 saturated heterocycles. The van der Waals surface area contributed by atoms with E-state index in [4.69, 9.17) is 4.52 Å². The molecule has 1 N–H and O–H groups in total. The van der Waals surface area contributed by atoms with Crippen LogP contribution in [0.15, 0.2) is 65.3 Å². The summed E-state index contributed by atoms with van der Waals surface area (Å²) in [5.41, 5.74) is 3.39. The van der Waals surface area contributed by atoms with Crippen LogP contribution in [0.2, 0.25) is 0 Å². The standard InChI is InChI=1S/C17H14N2O2/c1-12-7-9-14(10-8-12)16(20)19-17-15(11-18-21-17)13-5-3-2-4-6-13/h2-11H,1H3,(H,19,20). The van der Waals surface area contributed by atoms with Crippen molar-refractivity contribution in [3.63, 3.8) is 0 Å². The number of carbonyl (C=O) groups is 1. The van der Waals surface area contributed by atoms with Gasteiger partial charge in [0, 0.05) is 5.56 Å². The van der Waals surface area contributed by atoms with E-state index in [0.717, 1.165) is 16.7 Å². The number of aryl methyl sites for hydroxylation is 1. The lowest BCUT2D eigenvalue weighted by atomic mass is 10.1. The molecule has 0 saturated carbocycles. The number of anilines is 1. The number of aromatic nitrogens is 1. The zero-order valence-corrected chi connectivity index (χ0v) is 11.5. The number of nitrogens with zero attached hydrogens (tertiary/aromatic N) is 1. The fourth-order valence-corrected chi connectivity index (χ4v) is 2.03. The van der Waals surface area contributed by atoms with Crippen LogP contribution in [0.4, 0.5) is 5.88 Å². The van der Waals surface area contributed by atoms with Gasteiger partial charge < -0.3 is 4.52 Å². The Balaban J connectivity index is 1.85.